The van der Waals surface area contributed by atoms with Gasteiger partial charge in [0.2, 0.25) is 0 Å². The number of aryl methyl sites for hydroxylation is 2. The Morgan fingerprint density at radius 3 is 2.43 bits per heavy atom. The molecule has 1 saturated heterocycles. The average Bonchev–Trinajstić information content (AvgIpc) is 1.99. The lowest BCUT2D eigenvalue weighted by molar-refractivity contribution is -0.0182. The Bertz CT molecular complexity index is 349. The Morgan fingerprint density at radius 1 is 1.36 bits per heavy atom. The summed E-state index contributed by atoms with van der Waals surface area (Å²) in [5.74, 6) is -0.300. The summed E-state index contributed by atoms with van der Waals surface area (Å²) in [5, 5.41) is 13.0. The molecule has 0 aliphatic carbocycles. The first-order valence-corrected chi connectivity index (χ1v) is 4.73. The molecule has 0 atom stereocenters. The van der Waals surface area contributed by atoms with E-state index >= 15 is 0 Å². The summed E-state index contributed by atoms with van der Waals surface area (Å²) in [7, 11) is 0. The maximum Gasteiger partial charge on any atom is 0.129 e. The normalized spacial score (nSPS) is 19.1. The van der Waals surface area contributed by atoms with Crippen molar-refractivity contribution in [1.29, 1.82) is 0 Å². The fourth-order valence-electron chi connectivity index (χ4n) is 2.04. The first-order valence-electron chi connectivity index (χ1n) is 4.73. The summed E-state index contributed by atoms with van der Waals surface area (Å²) in [6.45, 7) is 4.56. The lowest BCUT2D eigenvalue weighted by Gasteiger charge is -2.39. The van der Waals surface area contributed by atoms with Gasteiger partial charge in [-0.1, -0.05) is 6.07 Å². The van der Waals surface area contributed by atoms with E-state index < -0.39 is 5.60 Å². The predicted octanol–water partition coefficient (Wildman–Crippen LogP) is 1.23. The molecule has 0 amide bonds. The molecule has 3 heteroatoms. The van der Waals surface area contributed by atoms with Crippen LogP contribution in [-0.2, 0) is 5.60 Å². The molecule has 0 aromatic heterocycles. The molecule has 1 heterocycles. The Kier molecular flexibility index (Phi) is 2.09. The van der Waals surface area contributed by atoms with Gasteiger partial charge in [0.25, 0.3) is 0 Å². The number of benzene rings is 1. The van der Waals surface area contributed by atoms with Crippen molar-refractivity contribution >= 4 is 0 Å². The standard InChI is InChI=1S/C11H14FNO/c1-7-3-8(2)10(9(12)4-7)11(14)5-13-6-11/h3-4,13-14H,5-6H2,1-2H3. The Labute approximate surface area is 82.8 Å². The van der Waals surface area contributed by atoms with Gasteiger partial charge in [0.1, 0.15) is 11.4 Å². The molecule has 2 rings (SSSR count). The molecule has 0 unspecified atom stereocenters. The highest BCUT2D eigenvalue weighted by Crippen LogP contribution is 2.30. The molecule has 1 aromatic rings. The van der Waals surface area contributed by atoms with Crippen molar-refractivity contribution in [2.75, 3.05) is 13.1 Å². The maximum atomic E-state index is 13.6. The molecule has 76 valence electrons. The van der Waals surface area contributed by atoms with E-state index in [4.69, 9.17) is 0 Å². The second-order valence-electron chi connectivity index (χ2n) is 4.07. The maximum absolute atomic E-state index is 13.6. The van der Waals surface area contributed by atoms with Gasteiger partial charge in [-0.05, 0) is 31.0 Å². The number of nitrogens with one attached hydrogen (secondary N) is 1. The minimum absolute atomic E-state index is 0.300. The molecule has 14 heavy (non-hydrogen) atoms. The zero-order valence-electron chi connectivity index (χ0n) is 8.39. The molecule has 1 aliphatic rings. The third-order valence-corrected chi connectivity index (χ3v) is 2.73. The molecule has 1 fully saturated rings. The van der Waals surface area contributed by atoms with Crippen LogP contribution in [0.3, 0.4) is 0 Å². The molecular formula is C11H14FNO. The van der Waals surface area contributed by atoms with Crippen LogP contribution in [0.2, 0.25) is 0 Å². The fraction of sp³-hybridized carbons (Fsp3) is 0.455. The molecule has 1 aromatic carbocycles. The van der Waals surface area contributed by atoms with Crippen LogP contribution in [0.25, 0.3) is 0 Å². The second-order valence-corrected chi connectivity index (χ2v) is 4.07. The van der Waals surface area contributed by atoms with Gasteiger partial charge in [0.05, 0.1) is 0 Å². The predicted molar refractivity (Wildman–Crippen MR) is 52.6 cm³/mol. The van der Waals surface area contributed by atoms with Crippen LogP contribution in [0.4, 0.5) is 4.39 Å². The number of halogens is 1. The van der Waals surface area contributed by atoms with E-state index in [9.17, 15) is 9.50 Å². The number of aliphatic hydroxyl groups is 1. The zero-order chi connectivity index (χ0) is 10.3. The molecule has 2 nitrogen and oxygen atoms in total. The van der Waals surface area contributed by atoms with Gasteiger partial charge in [0.15, 0.2) is 0 Å². The quantitative estimate of drug-likeness (QED) is 0.706. The van der Waals surface area contributed by atoms with Crippen LogP contribution in [-0.4, -0.2) is 18.2 Å². The number of hydrogen-bond acceptors (Lipinski definition) is 2. The fourth-order valence-corrected chi connectivity index (χ4v) is 2.04. The highest BCUT2D eigenvalue weighted by molar-refractivity contribution is 5.38. The first kappa shape index (κ1) is 9.62. The molecule has 0 radical (unpaired) electrons. The van der Waals surface area contributed by atoms with E-state index in [1.807, 2.05) is 19.9 Å². The summed E-state index contributed by atoms with van der Waals surface area (Å²) in [5.41, 5.74) is 1.16. The molecule has 0 spiro atoms. The lowest BCUT2D eigenvalue weighted by Crippen LogP contribution is -2.57. The lowest BCUT2D eigenvalue weighted by atomic mass is 9.84. The van der Waals surface area contributed by atoms with Gasteiger partial charge in [-0.15, -0.1) is 0 Å². The van der Waals surface area contributed by atoms with Gasteiger partial charge >= 0.3 is 0 Å². The first-order chi connectivity index (χ1) is 6.53. The van der Waals surface area contributed by atoms with Crippen molar-refractivity contribution < 1.29 is 9.50 Å². The highest BCUT2D eigenvalue weighted by atomic mass is 19.1. The largest absolute Gasteiger partial charge is 0.382 e. The van der Waals surface area contributed by atoms with Crippen molar-refractivity contribution in [3.8, 4) is 0 Å². The van der Waals surface area contributed by atoms with Gasteiger partial charge in [-0.3, -0.25) is 0 Å². The van der Waals surface area contributed by atoms with E-state index in [1.54, 1.807) is 0 Å². The zero-order valence-corrected chi connectivity index (χ0v) is 8.39. The van der Waals surface area contributed by atoms with Gasteiger partial charge in [-0.2, -0.15) is 0 Å². The molecule has 1 aliphatic heterocycles. The smallest absolute Gasteiger partial charge is 0.129 e. The Morgan fingerprint density at radius 2 is 2.00 bits per heavy atom. The number of hydrogen-bond donors (Lipinski definition) is 2. The molecule has 2 N–H and O–H groups in total. The van der Waals surface area contributed by atoms with E-state index in [1.165, 1.54) is 6.07 Å². The van der Waals surface area contributed by atoms with Crippen LogP contribution in [0.1, 0.15) is 16.7 Å². The Hall–Kier alpha value is -0.930. The minimum Gasteiger partial charge on any atom is -0.382 e. The topological polar surface area (TPSA) is 32.3 Å². The molecule has 0 saturated carbocycles. The third kappa shape index (κ3) is 1.33. The van der Waals surface area contributed by atoms with Crippen LogP contribution in [0.15, 0.2) is 12.1 Å². The van der Waals surface area contributed by atoms with E-state index in [0.717, 1.165) is 11.1 Å². The summed E-state index contributed by atoms with van der Waals surface area (Å²) in [6.07, 6.45) is 0. The summed E-state index contributed by atoms with van der Waals surface area (Å²) in [6, 6.07) is 3.37. The Balaban J connectivity index is 2.52. The summed E-state index contributed by atoms with van der Waals surface area (Å²) in [4.78, 5) is 0. The second kappa shape index (κ2) is 3.04. The van der Waals surface area contributed by atoms with E-state index in [-0.39, 0.29) is 5.82 Å². The van der Waals surface area contributed by atoms with Crippen molar-refractivity contribution in [2.24, 2.45) is 0 Å². The monoisotopic (exact) mass is 195 g/mol. The van der Waals surface area contributed by atoms with Gasteiger partial charge in [0, 0.05) is 18.7 Å². The third-order valence-electron chi connectivity index (χ3n) is 2.73. The summed E-state index contributed by atoms with van der Waals surface area (Å²) < 4.78 is 13.6. The van der Waals surface area contributed by atoms with Crippen LogP contribution in [0.5, 0.6) is 0 Å². The average molecular weight is 195 g/mol. The van der Waals surface area contributed by atoms with Crippen molar-refractivity contribution in [1.82, 2.24) is 5.32 Å². The minimum atomic E-state index is -0.998. The number of rotatable bonds is 1. The van der Waals surface area contributed by atoms with Crippen molar-refractivity contribution in [3.05, 3.63) is 34.6 Å². The van der Waals surface area contributed by atoms with Crippen LogP contribution >= 0.6 is 0 Å². The van der Waals surface area contributed by atoms with Gasteiger partial charge < -0.3 is 10.4 Å². The van der Waals surface area contributed by atoms with E-state index in [0.29, 0.717) is 18.7 Å². The SMILES string of the molecule is Cc1cc(C)c(C2(O)CNC2)c(F)c1. The van der Waals surface area contributed by atoms with Crippen molar-refractivity contribution in [3.63, 3.8) is 0 Å². The van der Waals surface area contributed by atoms with Crippen LogP contribution in [0, 0.1) is 19.7 Å². The van der Waals surface area contributed by atoms with E-state index in [2.05, 4.69) is 5.32 Å². The molecule has 0 bridgehead atoms. The van der Waals surface area contributed by atoms with Gasteiger partial charge in [-0.25, -0.2) is 4.39 Å². The van der Waals surface area contributed by atoms with Crippen LogP contribution < -0.4 is 5.32 Å². The van der Waals surface area contributed by atoms with Crippen molar-refractivity contribution in [2.45, 2.75) is 19.4 Å². The summed E-state index contributed by atoms with van der Waals surface area (Å²) >= 11 is 0. The molecular weight excluding hydrogens is 181 g/mol. The number of β-amino-alcohol motifs (C(OH)–C–C–N with tert-alkyl or cyclic N) is 1. The highest BCUT2D eigenvalue weighted by Gasteiger charge is 2.39.